The second-order valence-electron chi connectivity index (χ2n) is 13.7. The van der Waals surface area contributed by atoms with Crippen LogP contribution in [0.15, 0.2) is 24.4 Å². The van der Waals surface area contributed by atoms with E-state index in [0.29, 0.717) is 61.1 Å². The molecule has 1 atom stereocenters. The molecular formula is C34H42ClN7O4. The van der Waals surface area contributed by atoms with Crippen LogP contribution in [0.2, 0.25) is 5.02 Å². The molecule has 1 aliphatic carbocycles. The number of nitrogens with zero attached hydrogens (tertiary/aromatic N) is 6. The topological polar surface area (TPSA) is 109 Å². The first-order valence-electron chi connectivity index (χ1n) is 16.3. The quantitative estimate of drug-likeness (QED) is 0.251. The molecule has 2 aromatic heterocycles. The molecule has 1 N–H and O–H groups in total. The number of aromatic nitrogens is 4. The summed E-state index contributed by atoms with van der Waals surface area (Å²) >= 11 is 7.24. The molecule has 0 radical (unpaired) electrons. The van der Waals surface area contributed by atoms with Crippen molar-refractivity contribution in [2.75, 3.05) is 51.3 Å². The van der Waals surface area contributed by atoms with Crippen LogP contribution in [0.5, 0.6) is 11.8 Å². The number of piperazine rings is 1. The van der Waals surface area contributed by atoms with E-state index in [9.17, 15) is 4.79 Å². The lowest BCUT2D eigenvalue weighted by Crippen LogP contribution is -2.50. The standard InChI is InChI=1S/C34H42ClN7O4/c1-20-8-11-26-24(18-36-39-26)27(20)28-25(35)17-23-29(30(28)45-22-9-10-22)37-32(44-19-21-7-6-12-40(21)5)38-31(23)41-13-15-42(16-14-41)33(43)46-34(2,3)4/h8,11,17-18,21-22H,6-7,9-10,12-16,19H2,1-5H3,(H,36,39)/t21-/m0/s1. The first kappa shape index (κ1) is 30.8. The monoisotopic (exact) mass is 647 g/mol. The Morgan fingerprint density at radius 3 is 2.52 bits per heavy atom. The third-order valence-corrected chi connectivity index (χ3v) is 9.35. The third kappa shape index (κ3) is 6.14. The van der Waals surface area contributed by atoms with Gasteiger partial charge in [0.2, 0.25) is 0 Å². The average Bonchev–Trinajstić information content (AvgIpc) is 3.54. The van der Waals surface area contributed by atoms with Crippen LogP contribution in [0.4, 0.5) is 10.6 Å². The van der Waals surface area contributed by atoms with Gasteiger partial charge in [-0.2, -0.15) is 15.1 Å². The molecule has 2 aliphatic heterocycles. The molecule has 12 heteroatoms. The molecule has 1 saturated carbocycles. The number of ether oxygens (including phenoxy) is 3. The summed E-state index contributed by atoms with van der Waals surface area (Å²) in [5, 5.41) is 9.72. The maximum absolute atomic E-state index is 12.8. The molecule has 4 aromatic rings. The van der Waals surface area contributed by atoms with Crippen LogP contribution in [0.25, 0.3) is 32.9 Å². The lowest BCUT2D eigenvalue weighted by Gasteiger charge is -2.36. The highest BCUT2D eigenvalue weighted by molar-refractivity contribution is 6.35. The minimum Gasteiger partial charge on any atom is -0.487 e. The number of hydrogen-bond acceptors (Lipinski definition) is 9. The first-order valence-corrected chi connectivity index (χ1v) is 16.6. The number of likely N-dealkylation sites (tertiary alicyclic amines) is 1. The molecule has 3 fully saturated rings. The maximum Gasteiger partial charge on any atom is 0.410 e. The van der Waals surface area contributed by atoms with Crippen molar-refractivity contribution in [3.05, 3.63) is 35.0 Å². The number of fused-ring (bicyclic) bond motifs is 2. The number of aryl methyl sites for hydroxylation is 1. The average molecular weight is 648 g/mol. The van der Waals surface area contributed by atoms with Crippen LogP contribution in [0.3, 0.4) is 0 Å². The summed E-state index contributed by atoms with van der Waals surface area (Å²) in [6.45, 7) is 11.4. The smallest absolute Gasteiger partial charge is 0.410 e. The lowest BCUT2D eigenvalue weighted by atomic mass is 9.94. The van der Waals surface area contributed by atoms with Crippen LogP contribution in [0.1, 0.15) is 52.0 Å². The van der Waals surface area contributed by atoms with Gasteiger partial charge in [-0.1, -0.05) is 17.7 Å². The highest BCUT2D eigenvalue weighted by Gasteiger charge is 2.32. The van der Waals surface area contributed by atoms with Crippen molar-refractivity contribution in [2.24, 2.45) is 0 Å². The van der Waals surface area contributed by atoms with E-state index in [1.54, 1.807) is 4.90 Å². The minimum atomic E-state index is -0.553. The number of carbonyl (C=O) groups excluding carboxylic acids is 1. The van der Waals surface area contributed by atoms with Crippen LogP contribution in [-0.2, 0) is 4.74 Å². The van der Waals surface area contributed by atoms with Crippen molar-refractivity contribution >= 4 is 45.3 Å². The van der Waals surface area contributed by atoms with Crippen molar-refractivity contribution in [1.29, 1.82) is 0 Å². The van der Waals surface area contributed by atoms with Gasteiger partial charge in [0.05, 0.1) is 22.8 Å². The fraction of sp³-hybridized carbons (Fsp3) is 0.529. The fourth-order valence-corrected chi connectivity index (χ4v) is 6.71. The molecule has 244 valence electrons. The van der Waals surface area contributed by atoms with Gasteiger partial charge in [-0.15, -0.1) is 0 Å². The van der Waals surface area contributed by atoms with Gasteiger partial charge in [-0.25, -0.2) is 4.79 Å². The summed E-state index contributed by atoms with van der Waals surface area (Å²) in [5.41, 5.74) is 3.86. The van der Waals surface area contributed by atoms with Gasteiger partial charge >= 0.3 is 12.1 Å². The van der Waals surface area contributed by atoms with Crippen molar-refractivity contribution < 1.29 is 19.0 Å². The van der Waals surface area contributed by atoms with Crippen molar-refractivity contribution in [2.45, 2.75) is 71.1 Å². The second kappa shape index (κ2) is 12.1. The van der Waals surface area contributed by atoms with Crippen LogP contribution < -0.4 is 14.4 Å². The largest absolute Gasteiger partial charge is 0.487 e. The normalized spacial score (nSPS) is 19.3. The molecule has 46 heavy (non-hydrogen) atoms. The molecule has 11 nitrogen and oxygen atoms in total. The Morgan fingerprint density at radius 1 is 1.04 bits per heavy atom. The number of hydrogen-bond donors (Lipinski definition) is 1. The van der Waals surface area contributed by atoms with E-state index in [0.717, 1.165) is 71.0 Å². The van der Waals surface area contributed by atoms with Crippen molar-refractivity contribution in [3.8, 4) is 22.9 Å². The Balaban J connectivity index is 1.33. The Bertz CT molecular complexity index is 1780. The third-order valence-electron chi connectivity index (χ3n) is 9.06. The molecule has 0 bridgehead atoms. The number of aromatic amines is 1. The number of rotatable bonds is 7. The predicted molar refractivity (Wildman–Crippen MR) is 179 cm³/mol. The summed E-state index contributed by atoms with van der Waals surface area (Å²) in [4.78, 5) is 29.1. The minimum absolute atomic E-state index is 0.0940. The highest BCUT2D eigenvalue weighted by Crippen LogP contribution is 2.48. The Hall–Kier alpha value is -3.83. The molecule has 0 unspecified atom stereocenters. The van der Waals surface area contributed by atoms with E-state index in [-0.39, 0.29) is 12.2 Å². The Kier molecular flexibility index (Phi) is 8.09. The number of halogens is 1. The second-order valence-corrected chi connectivity index (χ2v) is 14.1. The lowest BCUT2D eigenvalue weighted by molar-refractivity contribution is 0.0240. The van der Waals surface area contributed by atoms with Gasteiger partial charge in [-0.05, 0) is 84.7 Å². The zero-order valence-electron chi connectivity index (χ0n) is 27.2. The maximum atomic E-state index is 12.8. The van der Waals surface area contributed by atoms with Crippen molar-refractivity contribution in [3.63, 3.8) is 0 Å². The number of likely N-dealkylation sites (N-methyl/N-ethyl adjacent to an activating group) is 1. The number of amides is 1. The zero-order valence-corrected chi connectivity index (χ0v) is 28.0. The SMILES string of the molecule is Cc1ccc2[nH]ncc2c1-c1c(Cl)cc2c(N3CCN(C(=O)OC(C)(C)C)CC3)nc(OC[C@@H]3CCCN3C)nc2c1OC1CC1. The molecule has 4 heterocycles. The molecular weight excluding hydrogens is 606 g/mol. The number of anilines is 1. The van der Waals surface area contributed by atoms with E-state index in [1.165, 1.54) is 0 Å². The Labute approximate surface area is 274 Å². The molecule has 7 rings (SSSR count). The summed E-state index contributed by atoms with van der Waals surface area (Å²) in [7, 11) is 2.13. The van der Waals surface area contributed by atoms with Crippen LogP contribution in [0, 0.1) is 6.92 Å². The highest BCUT2D eigenvalue weighted by atomic mass is 35.5. The first-order chi connectivity index (χ1) is 22.1. The van der Waals surface area contributed by atoms with Crippen LogP contribution in [-0.4, -0.2) is 100 Å². The van der Waals surface area contributed by atoms with E-state index in [2.05, 4.69) is 40.0 Å². The molecule has 2 saturated heterocycles. The summed E-state index contributed by atoms with van der Waals surface area (Å²) in [6, 6.07) is 6.67. The number of benzene rings is 2. The molecule has 0 spiro atoms. The summed E-state index contributed by atoms with van der Waals surface area (Å²) in [5.74, 6) is 1.36. The molecule has 2 aromatic carbocycles. The van der Waals surface area contributed by atoms with E-state index >= 15 is 0 Å². The van der Waals surface area contributed by atoms with Gasteiger partial charge in [0, 0.05) is 54.1 Å². The number of nitrogens with one attached hydrogen (secondary N) is 1. The van der Waals surface area contributed by atoms with E-state index in [1.807, 2.05) is 39.1 Å². The summed E-state index contributed by atoms with van der Waals surface area (Å²) < 4.78 is 18.7. The van der Waals surface area contributed by atoms with Gasteiger partial charge < -0.3 is 28.9 Å². The van der Waals surface area contributed by atoms with E-state index in [4.69, 9.17) is 35.8 Å². The molecule has 3 aliphatic rings. The van der Waals surface area contributed by atoms with E-state index < -0.39 is 5.60 Å². The van der Waals surface area contributed by atoms with Crippen molar-refractivity contribution in [1.82, 2.24) is 30.0 Å². The summed E-state index contributed by atoms with van der Waals surface area (Å²) in [6.07, 6.45) is 5.80. The van der Waals surface area contributed by atoms with Gasteiger partial charge in [0.1, 0.15) is 23.5 Å². The fourth-order valence-electron chi connectivity index (χ4n) is 6.42. The van der Waals surface area contributed by atoms with Crippen LogP contribution >= 0.6 is 11.6 Å². The number of carbonyl (C=O) groups is 1. The number of H-pyrrole nitrogens is 1. The molecule has 1 amide bonds. The predicted octanol–water partition coefficient (Wildman–Crippen LogP) is 6.21. The van der Waals surface area contributed by atoms with Gasteiger partial charge in [-0.3, -0.25) is 5.10 Å². The van der Waals surface area contributed by atoms with Gasteiger partial charge in [0.25, 0.3) is 0 Å². The van der Waals surface area contributed by atoms with Gasteiger partial charge in [0.15, 0.2) is 5.75 Å². The zero-order chi connectivity index (χ0) is 32.2. The Morgan fingerprint density at radius 2 is 1.83 bits per heavy atom.